The van der Waals surface area contributed by atoms with Gasteiger partial charge in [0.2, 0.25) is 5.91 Å². The summed E-state index contributed by atoms with van der Waals surface area (Å²) in [5.74, 6) is -0.825. The molecule has 25 heavy (non-hydrogen) atoms. The Hall–Kier alpha value is -2.10. The van der Waals surface area contributed by atoms with Crippen molar-refractivity contribution < 1.29 is 14.7 Å². The second kappa shape index (κ2) is 6.66. The van der Waals surface area contributed by atoms with Crippen LogP contribution in [0, 0.1) is 29.6 Å². The van der Waals surface area contributed by atoms with Gasteiger partial charge in [0.05, 0.1) is 11.8 Å². The monoisotopic (exact) mass is 339 g/mol. The molecule has 2 bridgehead atoms. The highest BCUT2D eigenvalue weighted by Gasteiger charge is 2.52. The molecule has 0 radical (unpaired) electrons. The summed E-state index contributed by atoms with van der Waals surface area (Å²) in [7, 11) is 0. The van der Waals surface area contributed by atoms with Crippen molar-refractivity contribution in [1.29, 1.82) is 0 Å². The van der Waals surface area contributed by atoms with Crippen molar-refractivity contribution in [3.63, 3.8) is 0 Å². The highest BCUT2D eigenvalue weighted by Crippen LogP contribution is 2.49. The Labute approximate surface area is 148 Å². The fourth-order valence-electron chi connectivity index (χ4n) is 5.01. The molecule has 1 aliphatic heterocycles. The average Bonchev–Trinajstić information content (AvgIpc) is 3.24. The van der Waals surface area contributed by atoms with Crippen LogP contribution in [0.25, 0.3) is 0 Å². The van der Waals surface area contributed by atoms with Crippen molar-refractivity contribution >= 4 is 11.9 Å². The normalized spacial score (nSPS) is 31.4. The summed E-state index contributed by atoms with van der Waals surface area (Å²) in [6.07, 6.45) is 7.98. The van der Waals surface area contributed by atoms with E-state index in [1.54, 1.807) is 0 Å². The number of aliphatic carboxylic acids is 1. The number of likely N-dealkylation sites (tertiary alicyclic amines) is 1. The first-order chi connectivity index (χ1) is 12.1. The minimum atomic E-state index is -0.811. The van der Waals surface area contributed by atoms with Crippen molar-refractivity contribution in [2.75, 3.05) is 13.1 Å². The maximum absolute atomic E-state index is 13.0. The number of carboxylic acid groups (broad SMARTS) is 1. The summed E-state index contributed by atoms with van der Waals surface area (Å²) >= 11 is 0. The van der Waals surface area contributed by atoms with Gasteiger partial charge in [-0.2, -0.15) is 0 Å². The van der Waals surface area contributed by atoms with Crippen LogP contribution in [-0.2, 0) is 16.0 Å². The molecule has 1 aromatic carbocycles. The Morgan fingerprint density at radius 2 is 1.64 bits per heavy atom. The Morgan fingerprint density at radius 3 is 2.28 bits per heavy atom. The topological polar surface area (TPSA) is 57.6 Å². The highest BCUT2D eigenvalue weighted by atomic mass is 16.4. The molecule has 0 unspecified atom stereocenters. The zero-order valence-electron chi connectivity index (χ0n) is 14.4. The molecular weight excluding hydrogens is 314 g/mol. The first-order valence-corrected chi connectivity index (χ1v) is 9.37. The average molecular weight is 339 g/mol. The molecule has 4 heteroatoms. The molecule has 1 aromatic rings. The molecule has 4 rings (SSSR count). The van der Waals surface area contributed by atoms with Crippen LogP contribution in [0.5, 0.6) is 0 Å². The predicted molar refractivity (Wildman–Crippen MR) is 94.8 cm³/mol. The lowest BCUT2D eigenvalue weighted by atomic mass is 9.81. The highest BCUT2D eigenvalue weighted by molar-refractivity contribution is 5.87. The molecule has 1 saturated heterocycles. The fraction of sp³-hybridized carbons (Fsp3) is 0.524. The van der Waals surface area contributed by atoms with Crippen LogP contribution in [0.4, 0.5) is 0 Å². The summed E-state index contributed by atoms with van der Waals surface area (Å²) in [6, 6.07) is 10.5. The third kappa shape index (κ3) is 3.10. The number of hydrogen-bond donors (Lipinski definition) is 1. The van der Waals surface area contributed by atoms with Gasteiger partial charge in [0, 0.05) is 13.1 Å². The molecule has 2 aliphatic carbocycles. The number of amides is 1. The molecule has 1 amide bonds. The lowest BCUT2D eigenvalue weighted by Gasteiger charge is -2.36. The number of carbonyl (C=O) groups excluding carboxylic acids is 1. The van der Waals surface area contributed by atoms with E-state index in [9.17, 15) is 14.7 Å². The summed E-state index contributed by atoms with van der Waals surface area (Å²) in [6.45, 7) is 1.53. The van der Waals surface area contributed by atoms with Crippen LogP contribution in [0.15, 0.2) is 42.5 Å². The van der Waals surface area contributed by atoms with E-state index in [2.05, 4.69) is 30.3 Å². The first-order valence-electron chi connectivity index (χ1n) is 9.37. The molecule has 1 N–H and O–H groups in total. The lowest BCUT2D eigenvalue weighted by Crippen LogP contribution is -2.46. The van der Waals surface area contributed by atoms with Gasteiger partial charge >= 0.3 is 5.97 Å². The Bertz CT molecular complexity index is 676. The first kappa shape index (κ1) is 16.4. The third-order valence-corrected chi connectivity index (χ3v) is 6.32. The second-order valence-electron chi connectivity index (χ2n) is 7.80. The molecule has 0 spiro atoms. The van der Waals surface area contributed by atoms with Gasteiger partial charge in [-0.3, -0.25) is 9.59 Å². The predicted octanol–water partition coefficient (Wildman–Crippen LogP) is 2.99. The maximum Gasteiger partial charge on any atom is 0.307 e. The number of carbonyl (C=O) groups is 2. The zero-order chi connectivity index (χ0) is 17.4. The summed E-state index contributed by atoms with van der Waals surface area (Å²) in [5, 5.41) is 9.55. The molecule has 1 heterocycles. The van der Waals surface area contributed by atoms with Crippen LogP contribution < -0.4 is 0 Å². The molecular formula is C21H25NO3. The largest absolute Gasteiger partial charge is 0.481 e. The van der Waals surface area contributed by atoms with E-state index >= 15 is 0 Å². The fourth-order valence-corrected chi connectivity index (χ4v) is 5.01. The van der Waals surface area contributed by atoms with E-state index in [1.165, 1.54) is 5.56 Å². The zero-order valence-corrected chi connectivity index (χ0v) is 14.4. The summed E-state index contributed by atoms with van der Waals surface area (Å²) in [5.41, 5.74) is 1.36. The molecule has 0 aromatic heterocycles. The van der Waals surface area contributed by atoms with Gasteiger partial charge in [0.15, 0.2) is 0 Å². The minimum Gasteiger partial charge on any atom is -0.481 e. The quantitative estimate of drug-likeness (QED) is 0.858. The van der Waals surface area contributed by atoms with Gasteiger partial charge in [-0.15, -0.1) is 0 Å². The standard InChI is InChI=1S/C21H25NO3/c23-20(18-16-6-7-17(13-16)19(18)21(24)25)22-10-8-15(9-11-22)12-14-4-2-1-3-5-14/h1-7,15-19H,8-13H2,(H,24,25)/t16-,17-,18-,19+/m1/s1. The number of rotatable bonds is 4. The van der Waals surface area contributed by atoms with E-state index < -0.39 is 11.9 Å². The van der Waals surface area contributed by atoms with E-state index in [0.29, 0.717) is 5.92 Å². The Morgan fingerprint density at radius 1 is 1.00 bits per heavy atom. The number of piperidine rings is 1. The van der Waals surface area contributed by atoms with Gasteiger partial charge in [-0.1, -0.05) is 42.5 Å². The van der Waals surface area contributed by atoms with Crippen LogP contribution in [0.1, 0.15) is 24.8 Å². The van der Waals surface area contributed by atoms with E-state index in [1.807, 2.05) is 17.0 Å². The number of benzene rings is 1. The van der Waals surface area contributed by atoms with Gasteiger partial charge < -0.3 is 10.0 Å². The van der Waals surface area contributed by atoms with Crippen molar-refractivity contribution in [3.05, 3.63) is 48.0 Å². The van der Waals surface area contributed by atoms with Crippen molar-refractivity contribution in [2.45, 2.75) is 25.7 Å². The molecule has 4 nitrogen and oxygen atoms in total. The molecule has 2 fully saturated rings. The van der Waals surface area contributed by atoms with Gasteiger partial charge in [0.25, 0.3) is 0 Å². The minimum absolute atomic E-state index is 0.0482. The van der Waals surface area contributed by atoms with E-state index in [0.717, 1.165) is 38.8 Å². The van der Waals surface area contributed by atoms with Crippen LogP contribution in [-0.4, -0.2) is 35.0 Å². The second-order valence-corrected chi connectivity index (χ2v) is 7.80. The maximum atomic E-state index is 13.0. The SMILES string of the molecule is O=C(O)[C@@H]1[C@H](C(=O)N2CCC(Cc3ccccc3)CC2)[C@@H]2C=C[C@@H]1C2. The van der Waals surface area contributed by atoms with E-state index in [-0.39, 0.29) is 23.7 Å². The van der Waals surface area contributed by atoms with Crippen molar-refractivity contribution in [3.8, 4) is 0 Å². The number of hydrogen-bond acceptors (Lipinski definition) is 2. The molecule has 4 atom stereocenters. The smallest absolute Gasteiger partial charge is 0.307 e. The van der Waals surface area contributed by atoms with Crippen LogP contribution in [0.3, 0.4) is 0 Å². The summed E-state index contributed by atoms with van der Waals surface area (Å²) < 4.78 is 0. The van der Waals surface area contributed by atoms with Gasteiger partial charge in [-0.05, 0) is 49.0 Å². The van der Waals surface area contributed by atoms with Crippen LogP contribution >= 0.6 is 0 Å². The summed E-state index contributed by atoms with van der Waals surface area (Å²) in [4.78, 5) is 26.6. The van der Waals surface area contributed by atoms with E-state index in [4.69, 9.17) is 0 Å². The molecule has 1 saturated carbocycles. The van der Waals surface area contributed by atoms with Crippen molar-refractivity contribution in [2.24, 2.45) is 29.6 Å². The molecule has 132 valence electrons. The van der Waals surface area contributed by atoms with Gasteiger partial charge in [-0.25, -0.2) is 0 Å². The third-order valence-electron chi connectivity index (χ3n) is 6.32. The Kier molecular flexibility index (Phi) is 4.36. The number of fused-ring (bicyclic) bond motifs is 2. The van der Waals surface area contributed by atoms with Crippen molar-refractivity contribution in [1.82, 2.24) is 4.90 Å². The lowest BCUT2D eigenvalue weighted by molar-refractivity contribution is -0.151. The molecule has 3 aliphatic rings. The number of allylic oxidation sites excluding steroid dienone is 2. The van der Waals surface area contributed by atoms with Gasteiger partial charge in [0.1, 0.15) is 0 Å². The van der Waals surface area contributed by atoms with Crippen LogP contribution in [0.2, 0.25) is 0 Å². The Balaban J connectivity index is 1.37. The number of carboxylic acids is 1. The number of nitrogens with zero attached hydrogens (tertiary/aromatic N) is 1.